The molecular weight excluding hydrogens is 370 g/mol. The zero-order valence-corrected chi connectivity index (χ0v) is 16.6. The third-order valence-corrected chi connectivity index (χ3v) is 4.38. The number of aryl methyl sites for hydroxylation is 1. The maximum absolute atomic E-state index is 12.5. The number of para-hydroxylation sites is 2. The van der Waals surface area contributed by atoms with Gasteiger partial charge >= 0.3 is 0 Å². The van der Waals surface area contributed by atoms with Gasteiger partial charge < -0.3 is 24.1 Å². The van der Waals surface area contributed by atoms with Gasteiger partial charge in [0.2, 0.25) is 5.91 Å². The summed E-state index contributed by atoms with van der Waals surface area (Å²) in [5.41, 5.74) is 1.63. The average Bonchev–Trinajstić information content (AvgIpc) is 3.26. The van der Waals surface area contributed by atoms with Gasteiger partial charge in [-0.3, -0.25) is 4.79 Å². The fourth-order valence-electron chi connectivity index (χ4n) is 2.86. The van der Waals surface area contributed by atoms with Crippen LogP contribution >= 0.6 is 0 Å². The standard InChI is InChI=1S/C22H25N3O4/c1-27-18-13-17(14-19(15-18)28-2)7-8-22(26)24-20-5-3-4-6-21(20)29-12-11-25-10-9-23-16-25/h3-6,9-10,13-16H,7-8,11-12H2,1-2H3,(H,24,26). The maximum Gasteiger partial charge on any atom is 0.224 e. The third-order valence-electron chi connectivity index (χ3n) is 4.38. The molecule has 152 valence electrons. The number of aromatic nitrogens is 2. The highest BCUT2D eigenvalue weighted by Crippen LogP contribution is 2.25. The van der Waals surface area contributed by atoms with Crippen molar-refractivity contribution in [2.45, 2.75) is 19.4 Å². The van der Waals surface area contributed by atoms with Gasteiger partial charge in [0.25, 0.3) is 0 Å². The van der Waals surface area contributed by atoms with Gasteiger partial charge in [0.1, 0.15) is 23.9 Å². The molecule has 0 aliphatic heterocycles. The van der Waals surface area contributed by atoms with Crippen LogP contribution in [-0.2, 0) is 17.8 Å². The van der Waals surface area contributed by atoms with Crippen molar-refractivity contribution in [1.82, 2.24) is 9.55 Å². The Labute approximate surface area is 170 Å². The minimum Gasteiger partial charge on any atom is -0.497 e. The Balaban J connectivity index is 1.55. The minimum absolute atomic E-state index is 0.0857. The molecule has 29 heavy (non-hydrogen) atoms. The number of hydrogen-bond acceptors (Lipinski definition) is 5. The monoisotopic (exact) mass is 395 g/mol. The molecule has 3 rings (SSSR count). The highest BCUT2D eigenvalue weighted by Gasteiger charge is 2.09. The van der Waals surface area contributed by atoms with E-state index >= 15 is 0 Å². The van der Waals surface area contributed by atoms with Crippen molar-refractivity contribution >= 4 is 11.6 Å². The van der Waals surface area contributed by atoms with Gasteiger partial charge in [-0.1, -0.05) is 12.1 Å². The Morgan fingerprint density at radius 3 is 2.55 bits per heavy atom. The zero-order chi connectivity index (χ0) is 20.5. The SMILES string of the molecule is COc1cc(CCC(=O)Nc2ccccc2OCCn2ccnc2)cc(OC)c1. The number of carbonyl (C=O) groups is 1. The predicted molar refractivity (Wildman–Crippen MR) is 111 cm³/mol. The van der Waals surface area contributed by atoms with Crippen LogP contribution in [0.4, 0.5) is 5.69 Å². The second kappa shape index (κ2) is 10.2. The molecule has 0 unspecified atom stereocenters. The molecule has 7 nitrogen and oxygen atoms in total. The molecule has 0 saturated heterocycles. The van der Waals surface area contributed by atoms with Crippen molar-refractivity contribution in [3.8, 4) is 17.2 Å². The maximum atomic E-state index is 12.5. The molecule has 1 aromatic heterocycles. The molecule has 0 aliphatic rings. The summed E-state index contributed by atoms with van der Waals surface area (Å²) >= 11 is 0. The fourth-order valence-corrected chi connectivity index (χ4v) is 2.86. The van der Waals surface area contributed by atoms with Crippen molar-refractivity contribution in [2.24, 2.45) is 0 Å². The lowest BCUT2D eigenvalue weighted by molar-refractivity contribution is -0.116. The quantitative estimate of drug-likeness (QED) is 0.568. The van der Waals surface area contributed by atoms with Crippen molar-refractivity contribution in [3.63, 3.8) is 0 Å². The number of methoxy groups -OCH3 is 2. The molecule has 0 aliphatic carbocycles. The number of hydrogen-bond donors (Lipinski definition) is 1. The number of amides is 1. The average molecular weight is 395 g/mol. The Hall–Kier alpha value is -3.48. The van der Waals surface area contributed by atoms with Gasteiger partial charge in [0, 0.05) is 24.9 Å². The number of anilines is 1. The highest BCUT2D eigenvalue weighted by atomic mass is 16.5. The normalized spacial score (nSPS) is 10.4. The van der Waals surface area contributed by atoms with Crippen LogP contribution in [0.2, 0.25) is 0 Å². The first-order chi connectivity index (χ1) is 14.2. The number of imidazole rings is 1. The van der Waals surface area contributed by atoms with Crippen molar-refractivity contribution in [1.29, 1.82) is 0 Å². The van der Waals surface area contributed by atoms with Crippen molar-refractivity contribution < 1.29 is 19.0 Å². The van der Waals surface area contributed by atoms with E-state index in [9.17, 15) is 4.79 Å². The van der Waals surface area contributed by atoms with E-state index in [-0.39, 0.29) is 5.91 Å². The summed E-state index contributed by atoms with van der Waals surface area (Å²) < 4.78 is 18.3. The molecule has 1 amide bonds. The van der Waals surface area contributed by atoms with E-state index in [1.165, 1.54) is 0 Å². The lowest BCUT2D eigenvalue weighted by Gasteiger charge is -2.13. The highest BCUT2D eigenvalue weighted by molar-refractivity contribution is 5.92. The summed E-state index contributed by atoms with van der Waals surface area (Å²) in [4.78, 5) is 16.5. The molecule has 7 heteroatoms. The minimum atomic E-state index is -0.0857. The number of benzene rings is 2. The number of nitrogens with zero attached hydrogens (tertiary/aromatic N) is 2. The Bertz CT molecular complexity index is 903. The molecule has 0 saturated carbocycles. The molecule has 2 aromatic carbocycles. The van der Waals surface area contributed by atoms with Gasteiger partial charge in [-0.2, -0.15) is 0 Å². The molecule has 1 heterocycles. The van der Waals surface area contributed by atoms with E-state index < -0.39 is 0 Å². The van der Waals surface area contributed by atoms with Crippen LogP contribution in [-0.4, -0.2) is 36.3 Å². The van der Waals surface area contributed by atoms with Gasteiger partial charge in [0.05, 0.1) is 32.8 Å². The Morgan fingerprint density at radius 2 is 1.86 bits per heavy atom. The number of ether oxygens (including phenoxy) is 3. The molecule has 0 radical (unpaired) electrons. The van der Waals surface area contributed by atoms with Gasteiger partial charge in [0.15, 0.2) is 0 Å². The van der Waals surface area contributed by atoms with Crippen LogP contribution in [0.25, 0.3) is 0 Å². The lowest BCUT2D eigenvalue weighted by atomic mass is 10.1. The van der Waals surface area contributed by atoms with E-state index in [0.29, 0.717) is 48.9 Å². The molecule has 1 N–H and O–H groups in total. The van der Waals surface area contributed by atoms with Crippen LogP contribution in [0.3, 0.4) is 0 Å². The van der Waals surface area contributed by atoms with Crippen LogP contribution in [0.15, 0.2) is 61.2 Å². The summed E-state index contributed by atoms with van der Waals surface area (Å²) in [5, 5.41) is 2.94. The Morgan fingerprint density at radius 1 is 1.10 bits per heavy atom. The number of carbonyl (C=O) groups excluding carboxylic acids is 1. The summed E-state index contributed by atoms with van der Waals surface area (Å²) in [6.07, 6.45) is 6.25. The Kier molecular flexibility index (Phi) is 7.10. The smallest absolute Gasteiger partial charge is 0.224 e. The van der Waals surface area contributed by atoms with Gasteiger partial charge in [-0.05, 0) is 36.2 Å². The van der Waals surface area contributed by atoms with Gasteiger partial charge in [-0.15, -0.1) is 0 Å². The largest absolute Gasteiger partial charge is 0.497 e. The summed E-state index contributed by atoms with van der Waals surface area (Å²) in [6.45, 7) is 1.16. The van der Waals surface area contributed by atoms with Crippen LogP contribution in [0.5, 0.6) is 17.2 Å². The van der Waals surface area contributed by atoms with Crippen LogP contribution in [0, 0.1) is 0 Å². The molecule has 0 spiro atoms. The zero-order valence-electron chi connectivity index (χ0n) is 16.6. The molecule has 0 bridgehead atoms. The second-order valence-electron chi connectivity index (χ2n) is 6.41. The van der Waals surface area contributed by atoms with E-state index in [0.717, 1.165) is 5.56 Å². The van der Waals surface area contributed by atoms with E-state index in [1.807, 2.05) is 47.2 Å². The summed E-state index contributed by atoms with van der Waals surface area (Å²) in [5.74, 6) is 1.97. The fraction of sp³-hybridized carbons (Fsp3) is 0.273. The second-order valence-corrected chi connectivity index (χ2v) is 6.41. The third kappa shape index (κ3) is 6.00. The predicted octanol–water partition coefficient (Wildman–Crippen LogP) is 3.55. The molecule has 0 fully saturated rings. The lowest BCUT2D eigenvalue weighted by Crippen LogP contribution is -2.14. The molecule has 0 atom stereocenters. The van der Waals surface area contributed by atoms with Crippen LogP contribution < -0.4 is 19.5 Å². The first kappa shape index (κ1) is 20.3. The number of rotatable bonds is 10. The van der Waals surface area contributed by atoms with Crippen LogP contribution in [0.1, 0.15) is 12.0 Å². The van der Waals surface area contributed by atoms with E-state index in [1.54, 1.807) is 32.8 Å². The first-order valence-corrected chi connectivity index (χ1v) is 9.37. The summed E-state index contributed by atoms with van der Waals surface area (Å²) in [7, 11) is 3.21. The van der Waals surface area contributed by atoms with Crippen molar-refractivity contribution in [3.05, 3.63) is 66.7 Å². The van der Waals surface area contributed by atoms with Gasteiger partial charge in [-0.25, -0.2) is 4.98 Å². The number of nitrogens with one attached hydrogen (secondary N) is 1. The van der Waals surface area contributed by atoms with Crippen molar-refractivity contribution in [2.75, 3.05) is 26.1 Å². The first-order valence-electron chi connectivity index (χ1n) is 9.37. The van der Waals surface area contributed by atoms with E-state index in [4.69, 9.17) is 14.2 Å². The van der Waals surface area contributed by atoms with E-state index in [2.05, 4.69) is 10.3 Å². The topological polar surface area (TPSA) is 74.6 Å². The molecule has 3 aromatic rings. The molecular formula is C22H25N3O4. The summed E-state index contributed by atoms with van der Waals surface area (Å²) in [6, 6.07) is 13.0.